The van der Waals surface area contributed by atoms with Crippen molar-refractivity contribution in [2.45, 2.75) is 32.2 Å². The van der Waals surface area contributed by atoms with E-state index in [1.807, 2.05) is 61.3 Å². The Kier molecular flexibility index (Phi) is 6.30. The van der Waals surface area contributed by atoms with Gasteiger partial charge in [0.25, 0.3) is 0 Å². The number of hydrogen-bond donors (Lipinski definition) is 2. The van der Waals surface area contributed by atoms with Gasteiger partial charge in [-0.3, -0.25) is 4.90 Å². The van der Waals surface area contributed by atoms with Crippen LogP contribution in [-0.4, -0.2) is 36.6 Å². The van der Waals surface area contributed by atoms with Crippen LogP contribution in [0.4, 0.5) is 17.7 Å². The summed E-state index contributed by atoms with van der Waals surface area (Å²) in [5.41, 5.74) is 17.9. The summed E-state index contributed by atoms with van der Waals surface area (Å²) in [7, 11) is 1.91. The molecule has 2 atom stereocenters. The first kappa shape index (κ1) is 23.4. The number of aromatic nitrogens is 6. The molecule has 182 valence electrons. The van der Waals surface area contributed by atoms with E-state index in [4.69, 9.17) is 16.5 Å². The third-order valence-corrected chi connectivity index (χ3v) is 6.30. The Morgan fingerprint density at radius 2 is 1.78 bits per heavy atom. The summed E-state index contributed by atoms with van der Waals surface area (Å²) in [6, 6.07) is 20.3. The van der Waals surface area contributed by atoms with E-state index in [9.17, 15) is 0 Å². The van der Waals surface area contributed by atoms with Crippen molar-refractivity contribution in [1.29, 1.82) is 0 Å². The molecular formula is C27H29N9. The summed E-state index contributed by atoms with van der Waals surface area (Å²) in [6.07, 6.45) is 4.12. The van der Waals surface area contributed by atoms with Crippen LogP contribution in [0.15, 0.2) is 73.2 Å². The highest BCUT2D eigenvalue weighted by atomic mass is 15.4. The smallest absolute Gasteiger partial charge is 0.234 e. The molecule has 9 heteroatoms. The van der Waals surface area contributed by atoms with Crippen LogP contribution < -0.4 is 16.4 Å². The molecule has 0 spiro atoms. The summed E-state index contributed by atoms with van der Waals surface area (Å²) in [4.78, 5) is 20.2. The van der Waals surface area contributed by atoms with E-state index in [2.05, 4.69) is 45.2 Å². The molecule has 0 amide bonds. The summed E-state index contributed by atoms with van der Waals surface area (Å²) >= 11 is 0. The highest BCUT2D eigenvalue weighted by Gasteiger charge is 2.22. The second-order valence-electron chi connectivity index (χ2n) is 9.04. The largest absolute Gasteiger partial charge is 0.368 e. The average Bonchev–Trinajstić information content (AvgIpc) is 3.37. The molecule has 0 aliphatic heterocycles. The second kappa shape index (κ2) is 9.71. The predicted octanol–water partition coefficient (Wildman–Crippen LogP) is 4.30. The van der Waals surface area contributed by atoms with Crippen LogP contribution in [0.2, 0.25) is 0 Å². The van der Waals surface area contributed by atoms with E-state index in [0.717, 1.165) is 28.8 Å². The van der Waals surface area contributed by atoms with Gasteiger partial charge in [-0.05, 0) is 30.4 Å². The second-order valence-corrected chi connectivity index (χ2v) is 9.04. The van der Waals surface area contributed by atoms with Crippen LogP contribution in [0, 0.1) is 0 Å². The maximum atomic E-state index is 6.10. The Labute approximate surface area is 209 Å². The monoisotopic (exact) mass is 479 g/mol. The van der Waals surface area contributed by atoms with Gasteiger partial charge in [0.1, 0.15) is 12.1 Å². The zero-order valence-electron chi connectivity index (χ0n) is 20.6. The van der Waals surface area contributed by atoms with Crippen molar-refractivity contribution in [3.8, 4) is 11.3 Å². The van der Waals surface area contributed by atoms with E-state index in [-0.39, 0.29) is 17.9 Å². The first-order valence-corrected chi connectivity index (χ1v) is 11.9. The summed E-state index contributed by atoms with van der Waals surface area (Å²) in [6.45, 7) is 4.15. The number of fused-ring (bicyclic) bond motifs is 1. The summed E-state index contributed by atoms with van der Waals surface area (Å²) in [5, 5.41) is 4.41. The van der Waals surface area contributed by atoms with Crippen LogP contribution in [0.25, 0.3) is 16.9 Å². The minimum Gasteiger partial charge on any atom is -0.368 e. The van der Waals surface area contributed by atoms with Crippen molar-refractivity contribution in [3.05, 3.63) is 89.9 Å². The number of nitrogen functional groups attached to an aromatic ring is 1. The Morgan fingerprint density at radius 3 is 2.56 bits per heavy atom. The lowest BCUT2D eigenvalue weighted by atomic mass is 9.93. The fraction of sp³-hybridized carbons (Fsp3) is 0.222. The van der Waals surface area contributed by atoms with E-state index in [1.54, 1.807) is 10.7 Å². The molecule has 0 radical (unpaired) electrons. The molecule has 3 heterocycles. The number of hydrogen-bond acceptors (Lipinski definition) is 8. The van der Waals surface area contributed by atoms with E-state index < -0.39 is 0 Å². The number of rotatable bonds is 7. The standard InChI is InChI=1S/C27H29N9/c1-17(12-19-8-7-11-21(13-19)18(2)28)22-15-30-26(29)34-25(22)35(3)27-33-23(20-9-5-4-6-10-20)14-24-31-16-32-36(24)27/h4-11,13-18H,12,28H2,1-3H3,(H2,29,30,34)/t17-,18+/m0/s1. The zero-order chi connectivity index (χ0) is 25.2. The number of nitrogens with two attached hydrogens (primary N) is 2. The molecule has 2 aromatic carbocycles. The minimum absolute atomic E-state index is 0.0186. The van der Waals surface area contributed by atoms with E-state index in [1.165, 1.54) is 11.9 Å². The van der Waals surface area contributed by atoms with Gasteiger partial charge in [-0.1, -0.05) is 61.5 Å². The Hall–Kier alpha value is -4.37. The quantitative estimate of drug-likeness (QED) is 0.354. The number of benzene rings is 2. The molecule has 9 nitrogen and oxygen atoms in total. The molecule has 5 rings (SSSR count). The zero-order valence-corrected chi connectivity index (χ0v) is 20.6. The number of nitrogens with zero attached hydrogens (tertiary/aromatic N) is 7. The van der Waals surface area contributed by atoms with Gasteiger partial charge >= 0.3 is 0 Å². The van der Waals surface area contributed by atoms with Crippen LogP contribution in [0.5, 0.6) is 0 Å². The van der Waals surface area contributed by atoms with Crippen molar-refractivity contribution in [2.24, 2.45) is 5.73 Å². The lowest BCUT2D eigenvalue weighted by molar-refractivity contribution is 0.739. The minimum atomic E-state index is -0.0186. The Balaban J connectivity index is 1.55. The number of anilines is 3. The van der Waals surface area contributed by atoms with Crippen molar-refractivity contribution in [1.82, 2.24) is 29.5 Å². The molecule has 0 saturated heterocycles. The Morgan fingerprint density at radius 1 is 0.972 bits per heavy atom. The average molecular weight is 480 g/mol. The van der Waals surface area contributed by atoms with Gasteiger partial charge in [0.15, 0.2) is 5.65 Å². The highest BCUT2D eigenvalue weighted by molar-refractivity contribution is 5.68. The first-order valence-electron chi connectivity index (χ1n) is 11.9. The predicted molar refractivity (Wildman–Crippen MR) is 142 cm³/mol. The third kappa shape index (κ3) is 4.60. The van der Waals surface area contributed by atoms with Crippen LogP contribution in [0.3, 0.4) is 0 Å². The molecule has 0 unspecified atom stereocenters. The molecule has 0 aliphatic rings. The summed E-state index contributed by atoms with van der Waals surface area (Å²) < 4.78 is 1.70. The first-order chi connectivity index (χ1) is 17.4. The molecule has 3 aromatic heterocycles. The molecule has 0 saturated carbocycles. The van der Waals surface area contributed by atoms with Crippen LogP contribution in [0.1, 0.15) is 42.5 Å². The van der Waals surface area contributed by atoms with Crippen molar-refractivity contribution in [2.75, 3.05) is 17.7 Å². The molecule has 0 aliphatic carbocycles. The molecule has 0 fully saturated rings. The summed E-state index contributed by atoms with van der Waals surface area (Å²) in [5.74, 6) is 1.55. The van der Waals surface area contributed by atoms with Gasteiger partial charge < -0.3 is 11.5 Å². The normalized spacial score (nSPS) is 13.0. The molecule has 5 aromatic rings. The maximum absolute atomic E-state index is 6.10. The third-order valence-electron chi connectivity index (χ3n) is 6.30. The van der Waals surface area contributed by atoms with E-state index in [0.29, 0.717) is 17.4 Å². The topological polar surface area (TPSA) is 124 Å². The van der Waals surface area contributed by atoms with E-state index >= 15 is 0 Å². The molecule has 4 N–H and O–H groups in total. The highest BCUT2D eigenvalue weighted by Crippen LogP contribution is 2.32. The SMILES string of the molecule is C[C@@H](N)c1cccc(C[C@H](C)c2cnc(N)nc2N(C)c2nc(-c3ccccc3)cc3ncnn23)c1. The van der Waals surface area contributed by atoms with Crippen molar-refractivity contribution in [3.63, 3.8) is 0 Å². The maximum Gasteiger partial charge on any atom is 0.234 e. The van der Waals surface area contributed by atoms with Gasteiger partial charge in [0, 0.05) is 36.5 Å². The van der Waals surface area contributed by atoms with Gasteiger partial charge in [-0.25, -0.2) is 15.0 Å². The van der Waals surface area contributed by atoms with Gasteiger partial charge in [-0.2, -0.15) is 14.6 Å². The molecule has 36 heavy (non-hydrogen) atoms. The lowest BCUT2D eigenvalue weighted by Crippen LogP contribution is -2.21. The van der Waals surface area contributed by atoms with Crippen molar-refractivity contribution >= 4 is 23.4 Å². The van der Waals surface area contributed by atoms with Gasteiger partial charge in [0.05, 0.1) is 5.69 Å². The lowest BCUT2D eigenvalue weighted by Gasteiger charge is -2.24. The fourth-order valence-electron chi connectivity index (χ4n) is 4.36. The fourth-order valence-corrected chi connectivity index (χ4v) is 4.36. The molecular weight excluding hydrogens is 450 g/mol. The van der Waals surface area contributed by atoms with Crippen molar-refractivity contribution < 1.29 is 0 Å². The Bertz CT molecular complexity index is 1490. The molecule has 0 bridgehead atoms. The van der Waals surface area contributed by atoms with Gasteiger partial charge in [-0.15, -0.1) is 0 Å². The van der Waals surface area contributed by atoms with Crippen LogP contribution >= 0.6 is 0 Å². The van der Waals surface area contributed by atoms with Gasteiger partial charge in [0.2, 0.25) is 11.9 Å². The van der Waals surface area contributed by atoms with Crippen LogP contribution in [-0.2, 0) is 6.42 Å².